The van der Waals surface area contributed by atoms with Crippen LogP contribution in [-0.2, 0) is 0 Å². The van der Waals surface area contributed by atoms with Crippen molar-refractivity contribution in [2.24, 2.45) is 0 Å². The molecule has 5 nitrogen and oxygen atoms in total. The van der Waals surface area contributed by atoms with Gasteiger partial charge in [0.1, 0.15) is 12.0 Å². The average molecular weight is 408 g/mol. The van der Waals surface area contributed by atoms with Gasteiger partial charge in [-0.25, -0.2) is 4.98 Å². The zero-order valence-electron chi connectivity index (χ0n) is 17.2. The molecule has 31 heavy (non-hydrogen) atoms. The highest BCUT2D eigenvalue weighted by Crippen LogP contribution is 2.37. The van der Waals surface area contributed by atoms with Gasteiger partial charge in [-0.1, -0.05) is 41.6 Å². The van der Waals surface area contributed by atoms with Crippen LogP contribution in [0.15, 0.2) is 85.1 Å². The summed E-state index contributed by atoms with van der Waals surface area (Å²) in [5, 5.41) is 9.62. The van der Waals surface area contributed by atoms with Gasteiger partial charge >= 0.3 is 0 Å². The third-order valence-electron chi connectivity index (χ3n) is 5.01. The van der Waals surface area contributed by atoms with E-state index in [1.165, 1.54) is 13.2 Å². The molecule has 0 radical (unpaired) electrons. The van der Waals surface area contributed by atoms with Crippen molar-refractivity contribution in [3.63, 3.8) is 0 Å². The molecule has 0 unspecified atom stereocenters. The number of aryl methyl sites for hydroxylation is 1. The lowest BCUT2D eigenvalue weighted by Crippen LogP contribution is -2.04. The molecule has 0 atom stereocenters. The van der Waals surface area contributed by atoms with Gasteiger partial charge < -0.3 is 9.84 Å². The lowest BCUT2D eigenvalue weighted by molar-refractivity contribution is 0.104. The van der Waals surface area contributed by atoms with Gasteiger partial charge in [0.25, 0.3) is 0 Å². The summed E-state index contributed by atoms with van der Waals surface area (Å²) in [6.45, 7) is 1.95. The average Bonchev–Trinajstić information content (AvgIpc) is 2.82. The summed E-state index contributed by atoms with van der Waals surface area (Å²) in [6, 6.07) is 17.6. The Morgan fingerprint density at radius 2 is 1.68 bits per heavy atom. The van der Waals surface area contributed by atoms with E-state index in [0.29, 0.717) is 34.2 Å². The van der Waals surface area contributed by atoms with Crippen molar-refractivity contribution < 1.29 is 14.6 Å². The highest BCUT2D eigenvalue weighted by atomic mass is 16.5. The molecule has 0 spiro atoms. The SMILES string of the molecule is COc1c(-c2ccc(-c3ccncc3)cc2)nc2ccc(C)cc2c1C(=O)C=C=CO. The van der Waals surface area contributed by atoms with Gasteiger partial charge in [-0.2, -0.15) is 0 Å². The van der Waals surface area contributed by atoms with Crippen LogP contribution in [0.4, 0.5) is 0 Å². The summed E-state index contributed by atoms with van der Waals surface area (Å²) in [5.41, 5.74) is 8.02. The Hall–Kier alpha value is -4.21. The van der Waals surface area contributed by atoms with E-state index in [4.69, 9.17) is 14.8 Å². The topological polar surface area (TPSA) is 72.3 Å². The number of ether oxygens (including phenoxy) is 1. The standard InChI is InChI=1S/C26H20N2O3/c1-17-5-10-22-21(16-17)24(23(30)4-3-15-29)26(31-2)25(28-22)20-8-6-18(7-9-20)19-11-13-27-14-12-19/h4-16,29H,1-2H3. The fourth-order valence-corrected chi connectivity index (χ4v) is 3.55. The van der Waals surface area contributed by atoms with E-state index in [1.807, 2.05) is 61.5 Å². The Kier molecular flexibility index (Phi) is 5.61. The van der Waals surface area contributed by atoms with Crippen molar-refractivity contribution in [2.75, 3.05) is 7.11 Å². The number of rotatable bonds is 5. The molecular weight excluding hydrogens is 388 g/mol. The van der Waals surface area contributed by atoms with Crippen molar-refractivity contribution in [2.45, 2.75) is 6.92 Å². The lowest BCUT2D eigenvalue weighted by Gasteiger charge is -2.15. The van der Waals surface area contributed by atoms with Crippen LogP contribution in [0, 0.1) is 6.92 Å². The molecule has 5 heteroatoms. The van der Waals surface area contributed by atoms with Crippen LogP contribution >= 0.6 is 0 Å². The third kappa shape index (κ3) is 3.95. The van der Waals surface area contributed by atoms with E-state index in [-0.39, 0.29) is 5.78 Å². The normalized spacial score (nSPS) is 10.4. The fraction of sp³-hybridized carbons (Fsp3) is 0.0769. The van der Waals surface area contributed by atoms with Crippen molar-refractivity contribution in [3.05, 3.63) is 96.2 Å². The maximum absolute atomic E-state index is 13.0. The van der Waals surface area contributed by atoms with Crippen LogP contribution in [0.5, 0.6) is 5.75 Å². The van der Waals surface area contributed by atoms with E-state index in [0.717, 1.165) is 22.3 Å². The number of nitrogens with zero attached hydrogens (tertiary/aromatic N) is 2. The van der Waals surface area contributed by atoms with Crippen LogP contribution in [0.2, 0.25) is 0 Å². The Balaban J connectivity index is 1.93. The highest BCUT2D eigenvalue weighted by Gasteiger charge is 2.21. The summed E-state index contributed by atoms with van der Waals surface area (Å²) in [5.74, 6) is 0.0607. The lowest BCUT2D eigenvalue weighted by atomic mass is 9.97. The minimum Gasteiger partial charge on any atom is -0.507 e. The number of methoxy groups -OCH3 is 1. The van der Waals surface area contributed by atoms with Gasteiger partial charge in [0.05, 0.1) is 18.2 Å². The van der Waals surface area contributed by atoms with Crippen molar-refractivity contribution in [1.29, 1.82) is 0 Å². The van der Waals surface area contributed by atoms with Crippen LogP contribution in [0.25, 0.3) is 33.3 Å². The number of pyridine rings is 2. The second-order valence-corrected chi connectivity index (χ2v) is 7.01. The second kappa shape index (κ2) is 8.66. The predicted octanol–water partition coefficient (Wildman–Crippen LogP) is 5.69. The largest absolute Gasteiger partial charge is 0.507 e. The predicted molar refractivity (Wildman–Crippen MR) is 121 cm³/mol. The minimum absolute atomic E-state index is 0.324. The maximum atomic E-state index is 13.0. The first kappa shape index (κ1) is 20.1. The van der Waals surface area contributed by atoms with E-state index in [9.17, 15) is 4.79 Å². The quantitative estimate of drug-likeness (QED) is 0.199. The molecule has 1 N–H and O–H groups in total. The number of ketones is 1. The Labute approximate surface area is 180 Å². The monoisotopic (exact) mass is 408 g/mol. The Morgan fingerprint density at radius 1 is 1.00 bits per heavy atom. The van der Waals surface area contributed by atoms with E-state index < -0.39 is 0 Å². The molecular formula is C26H20N2O3. The number of aliphatic hydroxyl groups excluding tert-OH is 1. The molecule has 0 bridgehead atoms. The molecule has 0 aliphatic rings. The molecule has 2 aromatic heterocycles. The zero-order valence-corrected chi connectivity index (χ0v) is 17.2. The van der Waals surface area contributed by atoms with Gasteiger partial charge in [-0.05, 0) is 42.3 Å². The first-order valence-electron chi connectivity index (χ1n) is 9.71. The van der Waals surface area contributed by atoms with E-state index >= 15 is 0 Å². The number of fused-ring (bicyclic) bond motifs is 1. The number of hydrogen-bond donors (Lipinski definition) is 1. The van der Waals surface area contributed by atoms with Gasteiger partial charge in [-0.3, -0.25) is 9.78 Å². The molecule has 0 aliphatic heterocycles. The summed E-state index contributed by atoms with van der Waals surface area (Å²) >= 11 is 0. The number of hydrogen-bond acceptors (Lipinski definition) is 5. The summed E-state index contributed by atoms with van der Waals surface area (Å²) < 4.78 is 5.68. The Morgan fingerprint density at radius 3 is 2.35 bits per heavy atom. The third-order valence-corrected chi connectivity index (χ3v) is 5.01. The zero-order chi connectivity index (χ0) is 21.8. The maximum Gasteiger partial charge on any atom is 0.198 e. The summed E-state index contributed by atoms with van der Waals surface area (Å²) in [4.78, 5) is 21.8. The van der Waals surface area contributed by atoms with Crippen molar-refractivity contribution in [3.8, 4) is 28.1 Å². The molecule has 0 aliphatic carbocycles. The van der Waals surface area contributed by atoms with Gasteiger partial charge in [0.15, 0.2) is 11.5 Å². The summed E-state index contributed by atoms with van der Waals surface area (Å²) in [6.07, 6.45) is 5.41. The number of aromatic nitrogens is 2. The Bertz CT molecular complexity index is 1320. The van der Waals surface area contributed by atoms with Crippen LogP contribution < -0.4 is 4.74 Å². The molecule has 0 fully saturated rings. The number of aliphatic hydroxyl groups is 1. The first-order valence-corrected chi connectivity index (χ1v) is 9.71. The smallest absolute Gasteiger partial charge is 0.198 e. The molecule has 0 saturated heterocycles. The van der Waals surface area contributed by atoms with Crippen molar-refractivity contribution >= 4 is 16.7 Å². The molecule has 152 valence electrons. The first-order chi connectivity index (χ1) is 15.1. The number of allylic oxidation sites excluding steroid dienone is 1. The molecule has 0 amide bonds. The van der Waals surface area contributed by atoms with Crippen LogP contribution in [0.1, 0.15) is 15.9 Å². The minimum atomic E-state index is -0.324. The summed E-state index contributed by atoms with van der Waals surface area (Å²) in [7, 11) is 1.52. The molecule has 2 aromatic carbocycles. The van der Waals surface area contributed by atoms with E-state index in [2.05, 4.69) is 10.7 Å². The number of benzene rings is 2. The second-order valence-electron chi connectivity index (χ2n) is 7.01. The molecule has 2 heterocycles. The van der Waals surface area contributed by atoms with Gasteiger partial charge in [-0.15, -0.1) is 0 Å². The van der Waals surface area contributed by atoms with Crippen LogP contribution in [0.3, 0.4) is 0 Å². The van der Waals surface area contributed by atoms with Gasteiger partial charge in [0.2, 0.25) is 0 Å². The highest BCUT2D eigenvalue weighted by molar-refractivity contribution is 6.16. The molecule has 0 saturated carbocycles. The molecule has 4 aromatic rings. The van der Waals surface area contributed by atoms with Crippen molar-refractivity contribution in [1.82, 2.24) is 9.97 Å². The number of carbonyl (C=O) groups excluding carboxylic acids is 1. The van der Waals surface area contributed by atoms with Gasteiger partial charge in [0, 0.05) is 29.4 Å². The fourth-order valence-electron chi connectivity index (χ4n) is 3.55. The molecule has 4 rings (SSSR count). The number of carbonyl (C=O) groups is 1. The van der Waals surface area contributed by atoms with Crippen LogP contribution in [-0.4, -0.2) is 28.0 Å². The van der Waals surface area contributed by atoms with E-state index in [1.54, 1.807) is 12.4 Å².